The number of amides is 1. The van der Waals surface area contributed by atoms with Crippen LogP contribution in [0.25, 0.3) is 11.1 Å². The van der Waals surface area contributed by atoms with Crippen LogP contribution in [-0.2, 0) is 32.2 Å². The van der Waals surface area contributed by atoms with Crippen molar-refractivity contribution in [2.24, 2.45) is 5.92 Å². The summed E-state index contributed by atoms with van der Waals surface area (Å²) < 4.78 is 13.4. The van der Waals surface area contributed by atoms with Gasteiger partial charge in [0.2, 0.25) is 5.91 Å². The maximum absolute atomic E-state index is 12.0. The molecule has 8 heteroatoms. The topological polar surface area (TPSA) is 108 Å². The second kappa shape index (κ2) is 16.1. The van der Waals surface area contributed by atoms with Gasteiger partial charge in [0.05, 0.1) is 25.2 Å². The molecule has 3 aromatic carbocycles. The van der Waals surface area contributed by atoms with Gasteiger partial charge in [-0.15, -0.1) is 0 Å². The van der Waals surface area contributed by atoms with Crippen molar-refractivity contribution in [2.45, 2.75) is 83.5 Å². The maximum Gasteiger partial charge on any atom is 0.303 e. The van der Waals surface area contributed by atoms with Gasteiger partial charge in [0.15, 0.2) is 6.29 Å². The predicted molar refractivity (Wildman–Crippen MR) is 173 cm³/mol. The fraction of sp³-hybridized carbons (Fsp3) is 0.459. The highest BCUT2D eigenvalue weighted by molar-refractivity contribution is 5.80. The number of carbonyl (C=O) groups excluding carboxylic acids is 1. The third kappa shape index (κ3) is 9.23. The molecule has 0 aliphatic carbocycles. The molecule has 2 aliphatic rings. The number of nitrogens with zero attached hydrogens (tertiary/aromatic N) is 1. The summed E-state index contributed by atoms with van der Waals surface area (Å²) >= 11 is 0. The van der Waals surface area contributed by atoms with E-state index in [9.17, 15) is 14.7 Å². The Morgan fingerprint density at radius 1 is 0.822 bits per heavy atom. The van der Waals surface area contributed by atoms with Crippen LogP contribution in [0.15, 0.2) is 72.8 Å². The lowest BCUT2D eigenvalue weighted by Crippen LogP contribution is -2.45. The second-order valence-corrected chi connectivity index (χ2v) is 12.4. The minimum Gasteiger partial charge on any atom is -0.481 e. The zero-order valence-electron chi connectivity index (χ0n) is 26.2. The number of nitrogens with one attached hydrogen (secondary N) is 1. The Balaban J connectivity index is 1.31. The molecular formula is C37H46N2O6. The Labute approximate surface area is 266 Å². The standard InChI is InChI=1S/C37H46N2O6/c1-26-33(24-39-20-5-3-2-4-6-21-39)44-37(45-36(26)30-12-10-27(25-40)11-13-30)31-16-14-29(15-17-31)32-9-7-8-28(22-32)23-38-34(41)18-19-35(42)43/h7-17,22,26,33,36-37,40H,2-6,18-21,23-25H2,1H3,(H,38,41)(H,42,43)/t26-,33+,36+,37+/m0/s1. The van der Waals surface area contributed by atoms with Gasteiger partial charge in [-0.25, -0.2) is 0 Å². The Kier molecular flexibility index (Phi) is 11.8. The first-order valence-corrected chi connectivity index (χ1v) is 16.3. The molecule has 0 saturated carbocycles. The molecule has 0 aromatic heterocycles. The number of carboxylic acid groups (broad SMARTS) is 1. The van der Waals surface area contributed by atoms with E-state index >= 15 is 0 Å². The Morgan fingerprint density at radius 2 is 1.51 bits per heavy atom. The first-order chi connectivity index (χ1) is 21.9. The quantitative estimate of drug-likeness (QED) is 0.230. The number of rotatable bonds is 11. The molecule has 3 aromatic rings. The lowest BCUT2D eigenvalue weighted by atomic mass is 9.89. The number of benzene rings is 3. The average molecular weight is 615 g/mol. The Morgan fingerprint density at radius 3 is 2.20 bits per heavy atom. The molecule has 2 aliphatic heterocycles. The first-order valence-electron chi connectivity index (χ1n) is 16.3. The first kappa shape index (κ1) is 32.8. The van der Waals surface area contributed by atoms with Crippen LogP contribution in [0.5, 0.6) is 0 Å². The smallest absolute Gasteiger partial charge is 0.303 e. The number of hydrogen-bond acceptors (Lipinski definition) is 6. The van der Waals surface area contributed by atoms with Gasteiger partial charge in [-0.05, 0) is 59.8 Å². The van der Waals surface area contributed by atoms with Crippen LogP contribution < -0.4 is 5.32 Å². The minimum atomic E-state index is -0.982. The number of carbonyl (C=O) groups is 2. The summed E-state index contributed by atoms with van der Waals surface area (Å²) in [5.41, 5.74) is 5.93. The molecule has 1 amide bonds. The van der Waals surface area contributed by atoms with Crippen LogP contribution in [-0.4, -0.2) is 52.7 Å². The Bertz CT molecular complexity index is 1380. The molecule has 2 heterocycles. The third-order valence-corrected chi connectivity index (χ3v) is 9.01. The molecule has 3 N–H and O–H groups in total. The summed E-state index contributed by atoms with van der Waals surface area (Å²) in [6.07, 6.45) is 5.52. The lowest BCUT2D eigenvalue weighted by molar-refractivity contribution is -0.276. The molecule has 8 nitrogen and oxygen atoms in total. The fourth-order valence-corrected chi connectivity index (χ4v) is 6.28. The van der Waals surface area contributed by atoms with Crippen LogP contribution in [0.1, 0.15) is 86.5 Å². The number of carboxylic acids is 1. The number of aliphatic hydroxyl groups is 1. The zero-order chi connectivity index (χ0) is 31.6. The minimum absolute atomic E-state index is 0.00719. The SMILES string of the molecule is C[C@H]1[C@@H](CN2CCCCCCC2)O[C@@H](c2ccc(-c3cccc(CNC(=O)CCC(=O)O)c3)cc2)O[C@H]1c1ccc(CO)cc1. The summed E-state index contributed by atoms with van der Waals surface area (Å²) in [4.78, 5) is 25.3. The number of likely N-dealkylation sites (tertiary alicyclic amines) is 1. The predicted octanol–water partition coefficient (Wildman–Crippen LogP) is 6.38. The van der Waals surface area contributed by atoms with E-state index in [2.05, 4.69) is 53.5 Å². The molecular weight excluding hydrogens is 568 g/mol. The lowest BCUT2D eigenvalue weighted by Gasteiger charge is -2.43. The van der Waals surface area contributed by atoms with Gasteiger partial charge in [-0.1, -0.05) is 92.9 Å². The largest absolute Gasteiger partial charge is 0.481 e. The normalized spacial score (nSPS) is 22.7. The molecule has 240 valence electrons. The van der Waals surface area contributed by atoms with Crippen molar-refractivity contribution >= 4 is 11.9 Å². The molecule has 0 unspecified atom stereocenters. The van der Waals surface area contributed by atoms with Gasteiger partial charge in [0.1, 0.15) is 0 Å². The highest BCUT2D eigenvalue weighted by Crippen LogP contribution is 2.42. The van der Waals surface area contributed by atoms with E-state index < -0.39 is 12.3 Å². The number of ether oxygens (including phenoxy) is 2. The summed E-state index contributed by atoms with van der Waals surface area (Å²) in [6.45, 7) is 5.67. The van der Waals surface area contributed by atoms with E-state index in [1.807, 2.05) is 36.4 Å². The van der Waals surface area contributed by atoms with Gasteiger partial charge in [-0.2, -0.15) is 0 Å². The van der Waals surface area contributed by atoms with Crippen LogP contribution in [0.2, 0.25) is 0 Å². The summed E-state index contributed by atoms with van der Waals surface area (Å²) in [5, 5.41) is 21.2. The molecule has 45 heavy (non-hydrogen) atoms. The molecule has 5 rings (SSSR count). The average Bonchev–Trinajstić information content (AvgIpc) is 3.05. The zero-order valence-corrected chi connectivity index (χ0v) is 26.2. The van der Waals surface area contributed by atoms with Crippen LogP contribution >= 0.6 is 0 Å². The second-order valence-electron chi connectivity index (χ2n) is 12.4. The molecule has 2 saturated heterocycles. The van der Waals surface area contributed by atoms with Crippen molar-refractivity contribution < 1.29 is 29.3 Å². The van der Waals surface area contributed by atoms with Crippen LogP contribution in [0, 0.1) is 5.92 Å². The molecule has 2 fully saturated rings. The van der Waals surface area contributed by atoms with Crippen molar-refractivity contribution in [3.8, 4) is 11.1 Å². The van der Waals surface area contributed by atoms with Crippen molar-refractivity contribution in [2.75, 3.05) is 19.6 Å². The number of aliphatic hydroxyl groups excluding tert-OH is 1. The van der Waals surface area contributed by atoms with Gasteiger partial charge in [-0.3, -0.25) is 9.59 Å². The van der Waals surface area contributed by atoms with Gasteiger partial charge in [0, 0.05) is 31.0 Å². The molecule has 0 radical (unpaired) electrons. The van der Waals surface area contributed by atoms with Crippen LogP contribution in [0.4, 0.5) is 0 Å². The van der Waals surface area contributed by atoms with Crippen molar-refractivity contribution in [1.29, 1.82) is 0 Å². The van der Waals surface area contributed by atoms with E-state index in [4.69, 9.17) is 14.6 Å². The van der Waals surface area contributed by atoms with Gasteiger partial charge >= 0.3 is 5.97 Å². The summed E-state index contributed by atoms with van der Waals surface area (Å²) in [7, 11) is 0. The monoisotopic (exact) mass is 614 g/mol. The summed E-state index contributed by atoms with van der Waals surface area (Å²) in [6, 6.07) is 24.3. The molecule has 4 atom stereocenters. The van der Waals surface area contributed by atoms with E-state index in [0.717, 1.165) is 53.0 Å². The Hall–Kier alpha value is -3.56. The van der Waals surface area contributed by atoms with E-state index in [1.165, 1.54) is 32.1 Å². The number of hydrogen-bond donors (Lipinski definition) is 3. The van der Waals surface area contributed by atoms with E-state index in [0.29, 0.717) is 6.54 Å². The molecule has 0 bridgehead atoms. The van der Waals surface area contributed by atoms with Crippen LogP contribution in [0.3, 0.4) is 0 Å². The van der Waals surface area contributed by atoms with E-state index in [1.54, 1.807) is 0 Å². The van der Waals surface area contributed by atoms with Gasteiger partial charge in [0.25, 0.3) is 0 Å². The third-order valence-electron chi connectivity index (χ3n) is 9.01. The van der Waals surface area contributed by atoms with E-state index in [-0.39, 0.29) is 43.5 Å². The maximum atomic E-state index is 12.0. The molecule has 0 spiro atoms. The highest BCUT2D eigenvalue weighted by Gasteiger charge is 2.39. The van der Waals surface area contributed by atoms with Crippen molar-refractivity contribution in [1.82, 2.24) is 10.2 Å². The van der Waals surface area contributed by atoms with Crippen molar-refractivity contribution in [3.63, 3.8) is 0 Å². The number of aliphatic carboxylic acids is 1. The summed E-state index contributed by atoms with van der Waals surface area (Å²) in [5.74, 6) is -1.11. The van der Waals surface area contributed by atoms with Gasteiger partial charge < -0.3 is 29.9 Å². The fourth-order valence-electron chi connectivity index (χ4n) is 6.28. The van der Waals surface area contributed by atoms with Crippen molar-refractivity contribution in [3.05, 3.63) is 95.1 Å². The highest BCUT2D eigenvalue weighted by atomic mass is 16.7.